The molecule has 0 aliphatic rings. The Kier molecular flexibility index (Phi) is 3.80. The highest BCUT2D eigenvalue weighted by Crippen LogP contribution is 2.39. The molecule has 0 fully saturated rings. The lowest BCUT2D eigenvalue weighted by atomic mass is 9.96. The molecule has 2 aromatic rings. The van der Waals surface area contributed by atoms with E-state index in [-0.39, 0.29) is 16.1 Å². The standard InChI is InChI=1S/C13H10F3NO2S/c1-7(12(18)19)8-2-3-9(11-17-4-5-20-11)10(6-8)13(14,15)16/h2-7H,1H3,(H,18,19). The van der Waals surface area contributed by atoms with Gasteiger partial charge in [0.1, 0.15) is 5.01 Å². The lowest BCUT2D eigenvalue weighted by Crippen LogP contribution is -2.12. The van der Waals surface area contributed by atoms with Gasteiger partial charge in [-0.05, 0) is 18.6 Å². The van der Waals surface area contributed by atoms with Gasteiger partial charge in [-0.25, -0.2) is 4.98 Å². The molecule has 0 bridgehead atoms. The summed E-state index contributed by atoms with van der Waals surface area (Å²) >= 11 is 1.10. The van der Waals surface area contributed by atoms with Gasteiger partial charge in [0.15, 0.2) is 0 Å². The van der Waals surface area contributed by atoms with Crippen molar-refractivity contribution >= 4 is 17.3 Å². The summed E-state index contributed by atoms with van der Waals surface area (Å²) in [4.78, 5) is 14.8. The molecular formula is C13H10F3NO2S. The first-order chi connectivity index (χ1) is 9.30. The molecule has 0 radical (unpaired) electrons. The van der Waals surface area contributed by atoms with Crippen LogP contribution in [0.4, 0.5) is 13.2 Å². The fraction of sp³-hybridized carbons (Fsp3) is 0.231. The van der Waals surface area contributed by atoms with Crippen LogP contribution in [0.15, 0.2) is 29.8 Å². The topological polar surface area (TPSA) is 50.2 Å². The van der Waals surface area contributed by atoms with Crippen molar-refractivity contribution in [3.8, 4) is 10.6 Å². The van der Waals surface area contributed by atoms with Crippen molar-refractivity contribution in [2.75, 3.05) is 0 Å². The van der Waals surface area contributed by atoms with Crippen molar-refractivity contribution in [3.63, 3.8) is 0 Å². The fourth-order valence-electron chi connectivity index (χ4n) is 1.75. The van der Waals surface area contributed by atoms with Gasteiger partial charge in [0.2, 0.25) is 0 Å². The molecule has 0 aliphatic heterocycles. The van der Waals surface area contributed by atoms with Crippen LogP contribution >= 0.6 is 11.3 Å². The summed E-state index contributed by atoms with van der Waals surface area (Å²) in [6.07, 6.45) is -3.14. The van der Waals surface area contributed by atoms with Crippen LogP contribution in [0, 0.1) is 0 Å². The Morgan fingerprint density at radius 3 is 2.60 bits per heavy atom. The second-order valence-electron chi connectivity index (χ2n) is 4.20. The number of aromatic nitrogens is 1. The van der Waals surface area contributed by atoms with E-state index in [1.165, 1.54) is 25.3 Å². The lowest BCUT2D eigenvalue weighted by molar-refractivity contribution is -0.139. The van der Waals surface area contributed by atoms with Crippen molar-refractivity contribution in [2.45, 2.75) is 19.0 Å². The fourth-order valence-corrected chi connectivity index (χ4v) is 2.43. The highest BCUT2D eigenvalue weighted by atomic mass is 32.1. The van der Waals surface area contributed by atoms with Crippen LogP contribution in [-0.2, 0) is 11.0 Å². The van der Waals surface area contributed by atoms with Crippen LogP contribution in [0.25, 0.3) is 10.6 Å². The van der Waals surface area contributed by atoms with E-state index in [1.54, 1.807) is 5.38 Å². The molecule has 1 heterocycles. The summed E-state index contributed by atoms with van der Waals surface area (Å²) in [6.45, 7) is 1.35. The number of carbonyl (C=O) groups is 1. The second-order valence-corrected chi connectivity index (χ2v) is 5.09. The molecule has 7 heteroatoms. The van der Waals surface area contributed by atoms with Gasteiger partial charge in [0.25, 0.3) is 0 Å². The summed E-state index contributed by atoms with van der Waals surface area (Å²) < 4.78 is 39.3. The number of nitrogens with zero attached hydrogens (tertiary/aromatic N) is 1. The summed E-state index contributed by atoms with van der Waals surface area (Å²) in [7, 11) is 0. The van der Waals surface area contributed by atoms with Gasteiger partial charge in [0, 0.05) is 17.1 Å². The van der Waals surface area contributed by atoms with Gasteiger partial charge in [-0.1, -0.05) is 12.1 Å². The van der Waals surface area contributed by atoms with Gasteiger partial charge >= 0.3 is 12.1 Å². The molecule has 3 nitrogen and oxygen atoms in total. The Bertz CT molecular complexity index is 623. The molecule has 0 spiro atoms. The number of hydrogen-bond acceptors (Lipinski definition) is 3. The largest absolute Gasteiger partial charge is 0.481 e. The number of rotatable bonds is 3. The Hall–Kier alpha value is -1.89. The average molecular weight is 301 g/mol. The van der Waals surface area contributed by atoms with E-state index in [2.05, 4.69) is 4.98 Å². The normalized spacial score (nSPS) is 13.2. The van der Waals surface area contributed by atoms with Crippen molar-refractivity contribution < 1.29 is 23.1 Å². The molecule has 1 unspecified atom stereocenters. The Morgan fingerprint density at radius 2 is 2.10 bits per heavy atom. The number of benzene rings is 1. The van der Waals surface area contributed by atoms with Gasteiger partial charge in [-0.2, -0.15) is 13.2 Å². The highest BCUT2D eigenvalue weighted by molar-refractivity contribution is 7.13. The molecule has 1 atom stereocenters. The van der Waals surface area contributed by atoms with E-state index in [0.29, 0.717) is 0 Å². The first-order valence-corrected chi connectivity index (χ1v) is 6.52. The predicted octanol–water partition coefficient (Wildman–Crippen LogP) is 4.02. The molecule has 0 aliphatic carbocycles. The zero-order valence-electron chi connectivity index (χ0n) is 10.3. The van der Waals surface area contributed by atoms with E-state index in [4.69, 9.17) is 5.11 Å². The Balaban J connectivity index is 2.58. The highest BCUT2D eigenvalue weighted by Gasteiger charge is 2.35. The van der Waals surface area contributed by atoms with Crippen LogP contribution in [0.1, 0.15) is 24.0 Å². The third kappa shape index (κ3) is 2.82. The maximum Gasteiger partial charge on any atom is 0.417 e. The Morgan fingerprint density at radius 1 is 1.40 bits per heavy atom. The van der Waals surface area contributed by atoms with Crippen molar-refractivity contribution in [2.24, 2.45) is 0 Å². The number of alkyl halides is 3. The molecule has 2 rings (SSSR count). The number of aliphatic carboxylic acids is 1. The number of halogens is 3. The van der Waals surface area contributed by atoms with E-state index in [9.17, 15) is 18.0 Å². The zero-order valence-corrected chi connectivity index (χ0v) is 11.1. The summed E-state index contributed by atoms with van der Waals surface area (Å²) in [5.74, 6) is -2.17. The van der Waals surface area contributed by atoms with Crippen LogP contribution in [0.2, 0.25) is 0 Å². The lowest BCUT2D eigenvalue weighted by Gasteiger charge is -2.15. The Labute approximate surface area is 116 Å². The predicted molar refractivity (Wildman–Crippen MR) is 68.6 cm³/mol. The maximum absolute atomic E-state index is 13.1. The summed E-state index contributed by atoms with van der Waals surface area (Å²) in [5.41, 5.74) is -0.781. The SMILES string of the molecule is CC(C(=O)O)c1ccc(-c2nccs2)c(C(F)(F)F)c1. The monoisotopic (exact) mass is 301 g/mol. The maximum atomic E-state index is 13.1. The molecule has 0 saturated carbocycles. The van der Waals surface area contributed by atoms with E-state index in [1.807, 2.05) is 0 Å². The van der Waals surface area contributed by atoms with E-state index < -0.39 is 23.6 Å². The van der Waals surface area contributed by atoms with Crippen LogP contribution in [0.5, 0.6) is 0 Å². The average Bonchev–Trinajstić information content (AvgIpc) is 2.89. The van der Waals surface area contributed by atoms with Gasteiger partial charge in [-0.3, -0.25) is 4.79 Å². The molecule has 106 valence electrons. The van der Waals surface area contributed by atoms with Gasteiger partial charge in [-0.15, -0.1) is 11.3 Å². The van der Waals surface area contributed by atoms with Gasteiger partial charge in [0.05, 0.1) is 11.5 Å². The number of carboxylic acid groups (broad SMARTS) is 1. The first-order valence-electron chi connectivity index (χ1n) is 5.64. The van der Waals surface area contributed by atoms with Crippen molar-refractivity contribution in [1.82, 2.24) is 4.98 Å². The van der Waals surface area contributed by atoms with E-state index >= 15 is 0 Å². The summed E-state index contributed by atoms with van der Waals surface area (Å²) in [6, 6.07) is 3.55. The molecule has 20 heavy (non-hydrogen) atoms. The third-order valence-electron chi connectivity index (χ3n) is 2.88. The van der Waals surface area contributed by atoms with Crippen LogP contribution in [0.3, 0.4) is 0 Å². The van der Waals surface area contributed by atoms with Crippen molar-refractivity contribution in [1.29, 1.82) is 0 Å². The quantitative estimate of drug-likeness (QED) is 0.931. The molecule has 1 aromatic carbocycles. The zero-order chi connectivity index (χ0) is 14.9. The molecule has 1 aromatic heterocycles. The molecule has 0 saturated heterocycles. The molecular weight excluding hydrogens is 291 g/mol. The number of thiazole rings is 1. The minimum absolute atomic E-state index is 0.0335. The van der Waals surface area contributed by atoms with E-state index in [0.717, 1.165) is 17.4 Å². The first kappa shape index (κ1) is 14.5. The van der Waals surface area contributed by atoms with Crippen LogP contribution < -0.4 is 0 Å². The van der Waals surface area contributed by atoms with Crippen molar-refractivity contribution in [3.05, 3.63) is 40.9 Å². The smallest absolute Gasteiger partial charge is 0.417 e. The second kappa shape index (κ2) is 5.24. The third-order valence-corrected chi connectivity index (χ3v) is 3.69. The minimum atomic E-state index is -4.56. The molecule has 0 amide bonds. The number of hydrogen-bond donors (Lipinski definition) is 1. The number of carboxylic acids is 1. The van der Waals surface area contributed by atoms with Gasteiger partial charge < -0.3 is 5.11 Å². The van der Waals surface area contributed by atoms with Crippen LogP contribution in [-0.4, -0.2) is 16.1 Å². The summed E-state index contributed by atoms with van der Waals surface area (Å²) in [5, 5.41) is 10.7. The molecule has 1 N–H and O–H groups in total. The minimum Gasteiger partial charge on any atom is -0.481 e.